The molecule has 0 atom stereocenters. The van der Waals surface area contributed by atoms with Crippen LogP contribution < -0.4 is 10.0 Å². The summed E-state index contributed by atoms with van der Waals surface area (Å²) in [6.07, 6.45) is 0. The highest BCUT2D eigenvalue weighted by molar-refractivity contribution is 7.89. The third-order valence-electron chi connectivity index (χ3n) is 3.91. The van der Waals surface area contributed by atoms with Gasteiger partial charge >= 0.3 is 0 Å². The molecule has 0 unspecified atom stereocenters. The van der Waals surface area contributed by atoms with E-state index in [1.807, 2.05) is 0 Å². The zero-order chi connectivity index (χ0) is 19.4. The molecular formula is C18H18ClFN4O2S. The molecule has 6 nitrogen and oxygen atoms in total. The Morgan fingerprint density at radius 3 is 2.52 bits per heavy atom. The van der Waals surface area contributed by atoms with E-state index in [-0.39, 0.29) is 18.1 Å². The van der Waals surface area contributed by atoms with Crippen LogP contribution in [0.1, 0.15) is 18.3 Å². The maximum absolute atomic E-state index is 13.0. The third kappa shape index (κ3) is 5.12. The van der Waals surface area contributed by atoms with Gasteiger partial charge in [0.2, 0.25) is 10.0 Å². The molecule has 9 heteroatoms. The van der Waals surface area contributed by atoms with Crippen LogP contribution in [0.5, 0.6) is 0 Å². The van der Waals surface area contributed by atoms with Crippen LogP contribution in [0, 0.1) is 5.82 Å². The number of fused-ring (bicyclic) bond motifs is 1. The van der Waals surface area contributed by atoms with Crippen molar-refractivity contribution in [1.29, 1.82) is 0 Å². The fourth-order valence-corrected chi connectivity index (χ4v) is 3.15. The topological polar surface area (TPSA) is 84.0 Å². The number of nitrogens with one attached hydrogen (secondary N) is 2. The maximum Gasteiger partial charge on any atom is 0.211 e. The molecule has 27 heavy (non-hydrogen) atoms. The highest BCUT2D eigenvalue weighted by atomic mass is 35.5. The molecule has 0 fully saturated rings. The molecule has 0 saturated carbocycles. The Bertz CT molecular complexity index is 1060. The molecule has 142 valence electrons. The van der Waals surface area contributed by atoms with E-state index in [0.29, 0.717) is 28.7 Å². The highest BCUT2D eigenvalue weighted by Gasteiger charge is 2.12. The number of anilines is 1. The second kappa shape index (κ2) is 8.16. The molecule has 2 N–H and O–H groups in total. The highest BCUT2D eigenvalue weighted by Crippen LogP contribution is 2.24. The first-order valence-electron chi connectivity index (χ1n) is 8.28. The Hall–Kier alpha value is -2.29. The number of hydrogen-bond acceptors (Lipinski definition) is 5. The molecule has 0 aliphatic carbocycles. The van der Waals surface area contributed by atoms with Gasteiger partial charge in [-0.15, -0.1) is 0 Å². The number of hydrogen-bond donors (Lipinski definition) is 2. The zero-order valence-corrected chi connectivity index (χ0v) is 16.1. The van der Waals surface area contributed by atoms with E-state index in [4.69, 9.17) is 11.6 Å². The molecule has 1 heterocycles. The first-order chi connectivity index (χ1) is 12.9. The average Bonchev–Trinajstić information content (AvgIpc) is 2.65. The average molecular weight is 409 g/mol. The fraction of sp³-hybridized carbons (Fsp3) is 0.222. The minimum absolute atomic E-state index is 0.0240. The molecule has 0 aliphatic rings. The second-order valence-electron chi connectivity index (χ2n) is 5.85. The largest absolute Gasteiger partial charge is 0.365 e. The van der Waals surface area contributed by atoms with E-state index in [1.54, 1.807) is 37.3 Å². The minimum Gasteiger partial charge on any atom is -0.365 e. The standard InChI is InChI=1S/C18H18ClFN4O2S/c1-2-27(25,26)22-11-17-23-16-9-13(19)5-8-15(16)18(24-17)21-10-12-3-6-14(20)7-4-12/h3-9,22H,2,10-11H2,1H3,(H,21,23,24). The summed E-state index contributed by atoms with van der Waals surface area (Å²) >= 11 is 6.06. The molecule has 0 saturated heterocycles. The first kappa shape index (κ1) is 19.5. The van der Waals surface area contributed by atoms with Gasteiger partial charge in [-0.25, -0.2) is 27.5 Å². The predicted octanol–water partition coefficient (Wildman–Crippen LogP) is 3.47. The van der Waals surface area contributed by atoms with Gasteiger partial charge in [-0.1, -0.05) is 23.7 Å². The van der Waals surface area contributed by atoms with Crippen LogP contribution in [0.3, 0.4) is 0 Å². The van der Waals surface area contributed by atoms with E-state index in [2.05, 4.69) is 20.0 Å². The van der Waals surface area contributed by atoms with Crippen LogP contribution in [-0.2, 0) is 23.1 Å². The normalized spacial score (nSPS) is 11.7. The monoisotopic (exact) mass is 408 g/mol. The summed E-state index contributed by atoms with van der Waals surface area (Å²) in [6.45, 7) is 1.96. The molecule has 0 radical (unpaired) electrons. The number of aromatic nitrogens is 2. The first-order valence-corrected chi connectivity index (χ1v) is 10.3. The van der Waals surface area contributed by atoms with Crippen LogP contribution in [0.2, 0.25) is 5.02 Å². The summed E-state index contributed by atoms with van der Waals surface area (Å²) in [5.41, 5.74) is 1.48. The molecule has 0 amide bonds. The lowest BCUT2D eigenvalue weighted by molar-refractivity contribution is 0.580. The van der Waals surface area contributed by atoms with Crippen molar-refractivity contribution in [2.75, 3.05) is 11.1 Å². The number of benzene rings is 2. The van der Waals surface area contributed by atoms with Gasteiger partial charge in [-0.05, 0) is 42.8 Å². The van der Waals surface area contributed by atoms with E-state index < -0.39 is 10.0 Å². The van der Waals surface area contributed by atoms with Crippen molar-refractivity contribution in [1.82, 2.24) is 14.7 Å². The van der Waals surface area contributed by atoms with Crippen molar-refractivity contribution in [2.24, 2.45) is 0 Å². The smallest absolute Gasteiger partial charge is 0.211 e. The van der Waals surface area contributed by atoms with E-state index in [0.717, 1.165) is 10.9 Å². The van der Waals surface area contributed by atoms with Gasteiger partial charge in [0.25, 0.3) is 0 Å². The van der Waals surface area contributed by atoms with Gasteiger partial charge in [0.1, 0.15) is 17.5 Å². The molecule has 0 spiro atoms. The summed E-state index contributed by atoms with van der Waals surface area (Å²) in [7, 11) is -3.36. The number of nitrogens with zero attached hydrogens (tertiary/aromatic N) is 2. The summed E-state index contributed by atoms with van der Waals surface area (Å²) in [5.74, 6) is 0.545. The fourth-order valence-electron chi connectivity index (χ4n) is 2.43. The quantitative estimate of drug-likeness (QED) is 0.625. The molecule has 0 aliphatic heterocycles. The van der Waals surface area contributed by atoms with Crippen LogP contribution in [0.15, 0.2) is 42.5 Å². The zero-order valence-electron chi connectivity index (χ0n) is 14.5. The maximum atomic E-state index is 13.0. The Kier molecular flexibility index (Phi) is 5.88. The van der Waals surface area contributed by atoms with Gasteiger partial charge in [-0.3, -0.25) is 0 Å². The van der Waals surface area contributed by atoms with Crippen LogP contribution in [0.25, 0.3) is 10.9 Å². The molecule has 1 aromatic heterocycles. The van der Waals surface area contributed by atoms with Gasteiger partial charge in [-0.2, -0.15) is 0 Å². The van der Waals surface area contributed by atoms with Gasteiger partial charge in [0.15, 0.2) is 0 Å². The summed E-state index contributed by atoms with van der Waals surface area (Å²) in [5, 5.41) is 4.47. The van der Waals surface area contributed by atoms with Crippen molar-refractivity contribution in [2.45, 2.75) is 20.0 Å². The Morgan fingerprint density at radius 2 is 1.81 bits per heavy atom. The SMILES string of the molecule is CCS(=O)(=O)NCc1nc(NCc2ccc(F)cc2)c2ccc(Cl)cc2n1. The van der Waals surface area contributed by atoms with Crippen molar-refractivity contribution >= 4 is 38.3 Å². The van der Waals surface area contributed by atoms with Crippen LogP contribution in [0.4, 0.5) is 10.2 Å². The third-order valence-corrected chi connectivity index (χ3v) is 5.49. The lowest BCUT2D eigenvalue weighted by atomic mass is 10.2. The van der Waals surface area contributed by atoms with Crippen molar-refractivity contribution < 1.29 is 12.8 Å². The Balaban J connectivity index is 1.90. The van der Waals surface area contributed by atoms with Crippen LogP contribution in [-0.4, -0.2) is 24.1 Å². The lowest BCUT2D eigenvalue weighted by Gasteiger charge is -2.12. The molecule has 2 aromatic carbocycles. The lowest BCUT2D eigenvalue weighted by Crippen LogP contribution is -2.25. The summed E-state index contributed by atoms with van der Waals surface area (Å²) < 4.78 is 38.9. The molecule has 0 bridgehead atoms. The van der Waals surface area contributed by atoms with Gasteiger partial charge < -0.3 is 5.32 Å². The van der Waals surface area contributed by atoms with E-state index in [1.165, 1.54) is 12.1 Å². The molecular weight excluding hydrogens is 391 g/mol. The van der Waals surface area contributed by atoms with Crippen molar-refractivity contribution in [3.8, 4) is 0 Å². The van der Waals surface area contributed by atoms with Crippen molar-refractivity contribution in [3.63, 3.8) is 0 Å². The summed E-state index contributed by atoms with van der Waals surface area (Å²) in [6, 6.07) is 11.4. The molecule has 3 rings (SSSR count). The Morgan fingerprint density at radius 1 is 1.07 bits per heavy atom. The number of rotatable bonds is 7. The van der Waals surface area contributed by atoms with E-state index in [9.17, 15) is 12.8 Å². The van der Waals surface area contributed by atoms with Gasteiger partial charge in [0, 0.05) is 17.0 Å². The Labute approximate surface area is 161 Å². The summed E-state index contributed by atoms with van der Waals surface area (Å²) in [4.78, 5) is 8.82. The second-order valence-corrected chi connectivity index (χ2v) is 8.39. The van der Waals surface area contributed by atoms with Gasteiger partial charge in [0.05, 0.1) is 17.8 Å². The molecule has 3 aromatic rings. The minimum atomic E-state index is -3.36. The number of halogens is 2. The van der Waals surface area contributed by atoms with E-state index >= 15 is 0 Å². The predicted molar refractivity (Wildman–Crippen MR) is 105 cm³/mol. The van der Waals surface area contributed by atoms with Crippen LogP contribution >= 0.6 is 11.6 Å². The van der Waals surface area contributed by atoms with Crippen molar-refractivity contribution in [3.05, 3.63) is 64.7 Å². The number of sulfonamides is 1.